The lowest BCUT2D eigenvalue weighted by atomic mass is 10.1. The predicted octanol–water partition coefficient (Wildman–Crippen LogP) is -0.685. The minimum Gasteiger partial charge on any atom is -0.481 e. The van der Waals surface area contributed by atoms with Crippen LogP contribution in [0.1, 0.15) is 6.42 Å². The molecule has 0 unspecified atom stereocenters. The average Bonchev–Trinajstić information content (AvgIpc) is 2.46. The Morgan fingerprint density at radius 1 is 1.50 bits per heavy atom. The second-order valence-corrected chi connectivity index (χ2v) is 2.16. The van der Waals surface area contributed by atoms with Gasteiger partial charge >= 0.3 is 11.9 Å². The van der Waals surface area contributed by atoms with E-state index in [1.165, 1.54) is 0 Å². The average molecular weight is 146 g/mol. The molecule has 0 aliphatic carbocycles. The summed E-state index contributed by atoms with van der Waals surface area (Å²) in [5.74, 6) is -2.35. The molecule has 1 atom stereocenters. The lowest BCUT2D eigenvalue weighted by Crippen LogP contribution is -2.27. The zero-order valence-electron chi connectivity index (χ0n) is 5.03. The molecule has 56 valence electrons. The van der Waals surface area contributed by atoms with Gasteiger partial charge < -0.3 is 14.9 Å². The van der Waals surface area contributed by atoms with Gasteiger partial charge in [-0.15, -0.1) is 0 Å². The van der Waals surface area contributed by atoms with Crippen molar-refractivity contribution in [3.63, 3.8) is 0 Å². The third-order valence-electron chi connectivity index (χ3n) is 1.32. The predicted molar refractivity (Wildman–Crippen MR) is 28.6 cm³/mol. The zero-order chi connectivity index (χ0) is 7.78. The summed E-state index contributed by atoms with van der Waals surface area (Å²) >= 11 is 0. The maximum atomic E-state index is 10.2. The first-order valence-corrected chi connectivity index (χ1v) is 2.66. The van der Waals surface area contributed by atoms with Gasteiger partial charge in [-0.25, -0.2) is 4.79 Å². The quantitative estimate of drug-likeness (QED) is 0.515. The van der Waals surface area contributed by atoms with Crippen LogP contribution in [0.4, 0.5) is 0 Å². The highest BCUT2D eigenvalue weighted by Gasteiger charge is 2.54. The highest BCUT2D eigenvalue weighted by molar-refractivity contribution is 5.86. The molecular formula is C5H6O5. The highest BCUT2D eigenvalue weighted by Crippen LogP contribution is 2.30. The number of carboxylic acids is 2. The fraction of sp³-hybridized carbons (Fsp3) is 0.600. The van der Waals surface area contributed by atoms with E-state index in [-0.39, 0.29) is 6.61 Å². The zero-order valence-corrected chi connectivity index (χ0v) is 5.03. The molecule has 2 N–H and O–H groups in total. The fourth-order valence-electron chi connectivity index (χ4n) is 0.633. The van der Waals surface area contributed by atoms with Gasteiger partial charge in [0.15, 0.2) is 5.60 Å². The van der Waals surface area contributed by atoms with E-state index < -0.39 is 24.0 Å². The molecule has 0 saturated carbocycles. The van der Waals surface area contributed by atoms with E-state index in [4.69, 9.17) is 10.2 Å². The van der Waals surface area contributed by atoms with Crippen LogP contribution in [0.3, 0.4) is 0 Å². The third kappa shape index (κ3) is 1.08. The Morgan fingerprint density at radius 3 is 2.10 bits per heavy atom. The van der Waals surface area contributed by atoms with Crippen LogP contribution in [0.15, 0.2) is 0 Å². The van der Waals surface area contributed by atoms with Gasteiger partial charge in [-0.05, 0) is 0 Å². The molecule has 0 amide bonds. The topological polar surface area (TPSA) is 87.1 Å². The standard InChI is InChI=1S/C5H6O5/c6-3(7)1-5(2-10-5)4(8)9/h1-2H2,(H,6,7)(H,8,9)/t5-/m1/s1. The van der Waals surface area contributed by atoms with Crippen molar-refractivity contribution in [3.05, 3.63) is 0 Å². The molecule has 0 aromatic heterocycles. The Bertz CT molecular complexity index is 180. The fourth-order valence-corrected chi connectivity index (χ4v) is 0.633. The summed E-state index contributed by atoms with van der Waals surface area (Å²) in [7, 11) is 0. The number of carbonyl (C=O) groups is 2. The minimum atomic E-state index is -1.41. The third-order valence-corrected chi connectivity index (χ3v) is 1.32. The molecule has 10 heavy (non-hydrogen) atoms. The number of hydrogen-bond acceptors (Lipinski definition) is 3. The highest BCUT2D eigenvalue weighted by atomic mass is 16.6. The number of ether oxygens (including phenoxy) is 1. The molecule has 0 bridgehead atoms. The summed E-state index contributed by atoms with van der Waals surface area (Å²) in [6, 6.07) is 0. The van der Waals surface area contributed by atoms with Crippen molar-refractivity contribution >= 4 is 11.9 Å². The van der Waals surface area contributed by atoms with Gasteiger partial charge in [0.2, 0.25) is 0 Å². The molecule has 0 aromatic carbocycles. The van der Waals surface area contributed by atoms with Crippen molar-refractivity contribution in [1.29, 1.82) is 0 Å². The van der Waals surface area contributed by atoms with E-state index in [9.17, 15) is 9.59 Å². The van der Waals surface area contributed by atoms with Gasteiger partial charge in [-0.2, -0.15) is 0 Å². The van der Waals surface area contributed by atoms with E-state index >= 15 is 0 Å². The molecule has 0 radical (unpaired) electrons. The molecule has 0 spiro atoms. The summed E-state index contributed by atoms with van der Waals surface area (Å²) in [6.45, 7) is 0.00856. The van der Waals surface area contributed by atoms with Crippen LogP contribution >= 0.6 is 0 Å². The second-order valence-electron chi connectivity index (χ2n) is 2.16. The van der Waals surface area contributed by atoms with E-state index in [2.05, 4.69) is 4.74 Å². The normalized spacial score (nSPS) is 29.6. The van der Waals surface area contributed by atoms with Crippen LogP contribution in [0.25, 0.3) is 0 Å². The molecule has 5 heteroatoms. The summed E-state index contributed by atoms with van der Waals surface area (Å²) < 4.78 is 4.49. The number of aliphatic carboxylic acids is 2. The molecule has 1 saturated heterocycles. The van der Waals surface area contributed by atoms with E-state index in [0.717, 1.165) is 0 Å². The lowest BCUT2D eigenvalue weighted by Gasteiger charge is -1.99. The summed E-state index contributed by atoms with van der Waals surface area (Å²) in [6.07, 6.45) is -0.456. The van der Waals surface area contributed by atoms with E-state index in [1.54, 1.807) is 0 Å². The van der Waals surface area contributed by atoms with Crippen molar-refractivity contribution in [1.82, 2.24) is 0 Å². The van der Waals surface area contributed by atoms with Gasteiger partial charge in [0.05, 0.1) is 13.0 Å². The number of carboxylic acid groups (broad SMARTS) is 2. The van der Waals surface area contributed by atoms with Crippen molar-refractivity contribution in [3.8, 4) is 0 Å². The first kappa shape index (κ1) is 7.01. The van der Waals surface area contributed by atoms with Crippen molar-refractivity contribution < 1.29 is 24.5 Å². The SMILES string of the molecule is O=C(O)C[C@]1(C(=O)O)CO1. The molecule has 1 aliphatic rings. The van der Waals surface area contributed by atoms with Crippen LogP contribution in [0.5, 0.6) is 0 Å². The Balaban J connectivity index is 2.53. The molecule has 5 nitrogen and oxygen atoms in total. The van der Waals surface area contributed by atoms with E-state index in [0.29, 0.717) is 0 Å². The molecule has 1 aliphatic heterocycles. The summed E-state index contributed by atoms with van der Waals surface area (Å²) in [5, 5.41) is 16.6. The largest absolute Gasteiger partial charge is 0.481 e. The minimum absolute atomic E-state index is 0.00856. The summed E-state index contributed by atoms with van der Waals surface area (Å²) in [5.41, 5.74) is -1.41. The van der Waals surface area contributed by atoms with Crippen LogP contribution in [-0.2, 0) is 14.3 Å². The Labute approximate surface area is 56.2 Å². The van der Waals surface area contributed by atoms with Gasteiger partial charge in [-0.3, -0.25) is 4.79 Å². The number of rotatable bonds is 3. The molecule has 1 heterocycles. The van der Waals surface area contributed by atoms with E-state index in [1.807, 2.05) is 0 Å². The van der Waals surface area contributed by atoms with Gasteiger partial charge in [0.1, 0.15) is 0 Å². The van der Waals surface area contributed by atoms with Gasteiger partial charge in [0, 0.05) is 0 Å². The summed E-state index contributed by atoms with van der Waals surface area (Å²) in [4.78, 5) is 20.2. The molecule has 0 aromatic rings. The van der Waals surface area contributed by atoms with Gasteiger partial charge in [0.25, 0.3) is 0 Å². The van der Waals surface area contributed by atoms with Crippen molar-refractivity contribution in [2.45, 2.75) is 12.0 Å². The number of hydrogen-bond donors (Lipinski definition) is 2. The second kappa shape index (κ2) is 1.95. The Kier molecular flexibility index (Phi) is 1.37. The molecule has 1 rings (SSSR count). The van der Waals surface area contributed by atoms with Gasteiger partial charge in [-0.1, -0.05) is 0 Å². The van der Waals surface area contributed by atoms with Crippen molar-refractivity contribution in [2.75, 3.05) is 6.61 Å². The van der Waals surface area contributed by atoms with Crippen LogP contribution in [0, 0.1) is 0 Å². The number of epoxide rings is 1. The maximum absolute atomic E-state index is 10.2. The lowest BCUT2D eigenvalue weighted by molar-refractivity contribution is -0.149. The molecule has 1 fully saturated rings. The first-order chi connectivity index (χ1) is 4.57. The molecular weight excluding hydrogens is 140 g/mol. The van der Waals surface area contributed by atoms with Crippen LogP contribution in [-0.4, -0.2) is 34.4 Å². The first-order valence-electron chi connectivity index (χ1n) is 2.66. The Morgan fingerprint density at radius 2 is 2.00 bits per heavy atom. The van der Waals surface area contributed by atoms with Crippen LogP contribution in [0.2, 0.25) is 0 Å². The van der Waals surface area contributed by atoms with Crippen molar-refractivity contribution in [2.24, 2.45) is 0 Å². The Hall–Kier alpha value is -1.10. The monoisotopic (exact) mass is 146 g/mol. The maximum Gasteiger partial charge on any atom is 0.339 e. The van der Waals surface area contributed by atoms with Crippen LogP contribution < -0.4 is 0 Å². The smallest absolute Gasteiger partial charge is 0.339 e.